The number of anilines is 3. The molecule has 1 heterocycles. The second-order valence-corrected chi connectivity index (χ2v) is 5.31. The van der Waals surface area contributed by atoms with Crippen molar-refractivity contribution in [1.29, 1.82) is 0 Å². The molecule has 1 aromatic heterocycles. The number of hydrogen-bond donors (Lipinski definition) is 2. The lowest BCUT2D eigenvalue weighted by molar-refractivity contribution is 0.839. The number of nitrogens with two attached hydrogens (primary N) is 1. The number of nitrogen functional groups attached to an aromatic ring is 1. The normalized spacial score (nSPS) is 13.2. The van der Waals surface area contributed by atoms with Crippen molar-refractivity contribution in [2.75, 3.05) is 11.1 Å². The Kier molecular flexibility index (Phi) is 3.54. The van der Waals surface area contributed by atoms with Crippen LogP contribution in [0.15, 0.2) is 24.3 Å². The van der Waals surface area contributed by atoms with Crippen LogP contribution in [0.2, 0.25) is 0 Å². The molecule has 0 saturated carbocycles. The van der Waals surface area contributed by atoms with E-state index in [1.807, 2.05) is 0 Å². The summed E-state index contributed by atoms with van der Waals surface area (Å²) in [7, 11) is 0. The van der Waals surface area contributed by atoms with E-state index in [4.69, 9.17) is 5.73 Å². The standard InChI is InChI=1S/C16H20N4/c1-2-4-15-19-14(17)10-16(20-15)18-13-8-7-11-5-3-6-12(11)9-13/h7-10H,2-6H2,1H3,(H3,17,18,19,20). The van der Waals surface area contributed by atoms with Crippen LogP contribution in [-0.4, -0.2) is 9.97 Å². The van der Waals surface area contributed by atoms with E-state index in [1.165, 1.54) is 30.4 Å². The molecule has 4 nitrogen and oxygen atoms in total. The summed E-state index contributed by atoms with van der Waals surface area (Å²) in [6.07, 6.45) is 5.51. The van der Waals surface area contributed by atoms with E-state index < -0.39 is 0 Å². The van der Waals surface area contributed by atoms with Gasteiger partial charge in [-0.15, -0.1) is 0 Å². The van der Waals surface area contributed by atoms with E-state index in [0.29, 0.717) is 5.82 Å². The van der Waals surface area contributed by atoms with Gasteiger partial charge in [0.1, 0.15) is 17.5 Å². The summed E-state index contributed by atoms with van der Waals surface area (Å²) in [5.74, 6) is 2.10. The maximum absolute atomic E-state index is 5.84. The van der Waals surface area contributed by atoms with Crippen molar-refractivity contribution in [3.63, 3.8) is 0 Å². The van der Waals surface area contributed by atoms with Gasteiger partial charge in [-0.3, -0.25) is 0 Å². The van der Waals surface area contributed by atoms with Crippen LogP contribution in [0.3, 0.4) is 0 Å². The number of aryl methyl sites for hydroxylation is 3. The Morgan fingerprint density at radius 2 is 2.00 bits per heavy atom. The third-order valence-corrected chi connectivity index (χ3v) is 3.64. The van der Waals surface area contributed by atoms with Gasteiger partial charge in [0.05, 0.1) is 0 Å². The SMILES string of the molecule is CCCc1nc(N)cc(Nc2ccc3c(c2)CCC3)n1. The van der Waals surface area contributed by atoms with Gasteiger partial charge in [0, 0.05) is 18.2 Å². The predicted molar refractivity (Wildman–Crippen MR) is 82.2 cm³/mol. The molecular formula is C16H20N4. The van der Waals surface area contributed by atoms with E-state index in [2.05, 4.69) is 40.4 Å². The van der Waals surface area contributed by atoms with Crippen molar-refractivity contribution < 1.29 is 0 Å². The largest absolute Gasteiger partial charge is 0.384 e. The van der Waals surface area contributed by atoms with Gasteiger partial charge in [-0.05, 0) is 48.9 Å². The minimum absolute atomic E-state index is 0.520. The number of nitrogens with one attached hydrogen (secondary N) is 1. The van der Waals surface area contributed by atoms with Gasteiger partial charge in [0.2, 0.25) is 0 Å². The van der Waals surface area contributed by atoms with Crippen LogP contribution in [0.4, 0.5) is 17.3 Å². The molecule has 0 atom stereocenters. The average molecular weight is 268 g/mol. The van der Waals surface area contributed by atoms with Crippen molar-refractivity contribution in [2.24, 2.45) is 0 Å². The Bertz CT molecular complexity index is 622. The lowest BCUT2D eigenvalue weighted by Gasteiger charge is -2.09. The van der Waals surface area contributed by atoms with Gasteiger partial charge < -0.3 is 11.1 Å². The van der Waals surface area contributed by atoms with Gasteiger partial charge in [-0.2, -0.15) is 0 Å². The summed E-state index contributed by atoms with van der Waals surface area (Å²) < 4.78 is 0. The number of fused-ring (bicyclic) bond motifs is 1. The third-order valence-electron chi connectivity index (χ3n) is 3.64. The van der Waals surface area contributed by atoms with E-state index in [1.54, 1.807) is 6.07 Å². The van der Waals surface area contributed by atoms with E-state index in [-0.39, 0.29) is 0 Å². The molecular weight excluding hydrogens is 248 g/mol. The lowest BCUT2D eigenvalue weighted by atomic mass is 10.1. The topological polar surface area (TPSA) is 63.8 Å². The Hall–Kier alpha value is -2.10. The van der Waals surface area contributed by atoms with Crippen molar-refractivity contribution in [2.45, 2.75) is 39.0 Å². The molecule has 104 valence electrons. The molecule has 1 aromatic carbocycles. The van der Waals surface area contributed by atoms with Crippen molar-refractivity contribution in [3.8, 4) is 0 Å². The minimum Gasteiger partial charge on any atom is -0.384 e. The highest BCUT2D eigenvalue weighted by molar-refractivity contribution is 5.60. The highest BCUT2D eigenvalue weighted by Crippen LogP contribution is 2.26. The summed E-state index contributed by atoms with van der Waals surface area (Å²) in [6.45, 7) is 2.11. The molecule has 0 saturated heterocycles. The zero-order valence-electron chi connectivity index (χ0n) is 11.8. The molecule has 0 bridgehead atoms. The highest BCUT2D eigenvalue weighted by Gasteiger charge is 2.11. The Morgan fingerprint density at radius 1 is 1.15 bits per heavy atom. The van der Waals surface area contributed by atoms with Gasteiger partial charge >= 0.3 is 0 Å². The molecule has 0 spiro atoms. The number of rotatable bonds is 4. The number of nitrogens with zero attached hydrogens (tertiary/aromatic N) is 2. The van der Waals surface area contributed by atoms with E-state index in [9.17, 15) is 0 Å². The molecule has 20 heavy (non-hydrogen) atoms. The van der Waals surface area contributed by atoms with Crippen LogP contribution >= 0.6 is 0 Å². The second-order valence-electron chi connectivity index (χ2n) is 5.31. The first-order chi connectivity index (χ1) is 9.74. The summed E-state index contributed by atoms with van der Waals surface area (Å²) >= 11 is 0. The zero-order valence-corrected chi connectivity index (χ0v) is 11.8. The molecule has 3 N–H and O–H groups in total. The van der Waals surface area contributed by atoms with Crippen LogP contribution in [0.1, 0.15) is 36.7 Å². The van der Waals surface area contributed by atoms with Crippen LogP contribution in [-0.2, 0) is 19.3 Å². The van der Waals surface area contributed by atoms with Crippen molar-refractivity contribution in [3.05, 3.63) is 41.2 Å². The summed E-state index contributed by atoms with van der Waals surface area (Å²) in [5.41, 5.74) is 9.84. The molecule has 1 aliphatic carbocycles. The molecule has 1 aliphatic rings. The van der Waals surface area contributed by atoms with Crippen LogP contribution in [0, 0.1) is 0 Å². The summed E-state index contributed by atoms with van der Waals surface area (Å²) in [5, 5.41) is 3.34. The Morgan fingerprint density at radius 3 is 2.85 bits per heavy atom. The molecule has 0 radical (unpaired) electrons. The monoisotopic (exact) mass is 268 g/mol. The van der Waals surface area contributed by atoms with Gasteiger partial charge in [0.15, 0.2) is 0 Å². The van der Waals surface area contributed by atoms with Crippen LogP contribution < -0.4 is 11.1 Å². The third kappa shape index (κ3) is 2.74. The zero-order chi connectivity index (χ0) is 13.9. The first-order valence-electron chi connectivity index (χ1n) is 7.27. The fourth-order valence-corrected chi connectivity index (χ4v) is 2.71. The van der Waals surface area contributed by atoms with E-state index in [0.717, 1.165) is 30.2 Å². The molecule has 4 heteroatoms. The average Bonchev–Trinajstić information content (AvgIpc) is 2.85. The molecule has 0 unspecified atom stereocenters. The minimum atomic E-state index is 0.520. The maximum Gasteiger partial charge on any atom is 0.136 e. The summed E-state index contributed by atoms with van der Waals surface area (Å²) in [4.78, 5) is 8.76. The van der Waals surface area contributed by atoms with E-state index >= 15 is 0 Å². The first-order valence-corrected chi connectivity index (χ1v) is 7.27. The van der Waals surface area contributed by atoms with Crippen LogP contribution in [0.5, 0.6) is 0 Å². The van der Waals surface area contributed by atoms with Crippen molar-refractivity contribution in [1.82, 2.24) is 9.97 Å². The smallest absolute Gasteiger partial charge is 0.136 e. The summed E-state index contributed by atoms with van der Waals surface area (Å²) in [6, 6.07) is 8.33. The number of hydrogen-bond acceptors (Lipinski definition) is 4. The fraction of sp³-hybridized carbons (Fsp3) is 0.375. The lowest BCUT2D eigenvalue weighted by Crippen LogP contribution is -2.03. The highest BCUT2D eigenvalue weighted by atomic mass is 15.0. The number of benzene rings is 1. The van der Waals surface area contributed by atoms with Crippen molar-refractivity contribution >= 4 is 17.3 Å². The predicted octanol–water partition coefficient (Wildman–Crippen LogP) is 3.24. The Balaban J connectivity index is 1.83. The molecule has 2 aromatic rings. The van der Waals surface area contributed by atoms with Crippen LogP contribution in [0.25, 0.3) is 0 Å². The first kappa shape index (κ1) is 12.9. The second kappa shape index (κ2) is 5.49. The molecule has 0 amide bonds. The fourth-order valence-electron chi connectivity index (χ4n) is 2.71. The Labute approximate surface area is 119 Å². The molecule has 0 fully saturated rings. The van der Waals surface area contributed by atoms with Gasteiger partial charge in [0.25, 0.3) is 0 Å². The molecule has 0 aliphatic heterocycles. The maximum atomic E-state index is 5.84. The van der Waals surface area contributed by atoms with Gasteiger partial charge in [-0.1, -0.05) is 13.0 Å². The molecule has 3 rings (SSSR count). The van der Waals surface area contributed by atoms with Gasteiger partial charge in [-0.25, -0.2) is 9.97 Å². The quantitative estimate of drug-likeness (QED) is 0.893. The number of aromatic nitrogens is 2.